The molecule has 30 heavy (non-hydrogen) atoms. The van der Waals surface area contributed by atoms with Gasteiger partial charge in [0.2, 0.25) is 5.91 Å². The zero-order valence-corrected chi connectivity index (χ0v) is 16.6. The fraction of sp³-hybridized carbons (Fsp3) is 0.500. The first kappa shape index (κ1) is 20.7. The van der Waals surface area contributed by atoms with Crippen molar-refractivity contribution in [3.05, 3.63) is 41.2 Å². The van der Waals surface area contributed by atoms with Gasteiger partial charge in [-0.25, -0.2) is 0 Å². The van der Waals surface area contributed by atoms with Crippen LogP contribution in [0.3, 0.4) is 0 Å². The predicted molar refractivity (Wildman–Crippen MR) is 100 cm³/mol. The molecule has 2 N–H and O–H groups in total. The lowest BCUT2D eigenvalue weighted by atomic mass is 9.74. The lowest BCUT2D eigenvalue weighted by Crippen LogP contribution is -2.41. The van der Waals surface area contributed by atoms with Gasteiger partial charge in [-0.2, -0.15) is 18.3 Å². The van der Waals surface area contributed by atoms with E-state index in [1.54, 1.807) is 17.9 Å². The predicted octanol–water partition coefficient (Wildman–Crippen LogP) is 2.63. The van der Waals surface area contributed by atoms with Crippen LogP contribution in [0.15, 0.2) is 24.4 Å². The number of aliphatic hydroxyl groups excluding tert-OH is 1. The summed E-state index contributed by atoms with van der Waals surface area (Å²) >= 11 is 0. The summed E-state index contributed by atoms with van der Waals surface area (Å²) in [5, 5.41) is 17.2. The number of aliphatic hydroxyl groups is 1. The van der Waals surface area contributed by atoms with Crippen LogP contribution in [0.5, 0.6) is 5.75 Å². The van der Waals surface area contributed by atoms with E-state index in [0.717, 1.165) is 18.7 Å². The number of carbonyl (C=O) groups is 1. The fourth-order valence-corrected chi connectivity index (χ4v) is 4.59. The van der Waals surface area contributed by atoms with Gasteiger partial charge in [-0.3, -0.25) is 9.48 Å². The van der Waals surface area contributed by atoms with Gasteiger partial charge in [-0.1, -0.05) is 0 Å². The number of aryl methyl sites for hydroxylation is 2. The summed E-state index contributed by atoms with van der Waals surface area (Å²) in [6.07, 6.45) is -4.32. The van der Waals surface area contributed by atoms with Gasteiger partial charge >= 0.3 is 6.18 Å². The Morgan fingerprint density at radius 2 is 2.13 bits per heavy atom. The van der Waals surface area contributed by atoms with E-state index in [4.69, 9.17) is 9.47 Å². The number of fused-ring (bicyclic) bond motifs is 2. The number of benzene rings is 1. The Hall–Kier alpha value is -2.59. The molecule has 4 rings (SSSR count). The molecule has 3 heterocycles. The van der Waals surface area contributed by atoms with Crippen LogP contribution >= 0.6 is 0 Å². The molecule has 0 radical (unpaired) electrons. The maximum absolute atomic E-state index is 13.3. The summed E-state index contributed by atoms with van der Waals surface area (Å²) in [7, 11) is 2.91. The summed E-state index contributed by atoms with van der Waals surface area (Å²) in [5.74, 6) is -1.87. The normalized spacial score (nSPS) is 28.0. The van der Waals surface area contributed by atoms with Crippen LogP contribution in [0.2, 0.25) is 0 Å². The summed E-state index contributed by atoms with van der Waals surface area (Å²) in [4.78, 5) is 13.1. The molecule has 7 nitrogen and oxygen atoms in total. The highest BCUT2D eigenvalue weighted by Gasteiger charge is 2.57. The average molecular weight is 425 g/mol. The first-order valence-corrected chi connectivity index (χ1v) is 9.50. The third-order valence-electron chi connectivity index (χ3n) is 5.81. The van der Waals surface area contributed by atoms with Gasteiger partial charge < -0.3 is 19.9 Å². The third kappa shape index (κ3) is 3.43. The number of methoxy groups -OCH3 is 1. The second-order valence-electron chi connectivity index (χ2n) is 7.74. The Bertz CT molecular complexity index is 975. The summed E-state index contributed by atoms with van der Waals surface area (Å²) in [6, 6.07) is 3.38. The molecule has 0 unspecified atom stereocenters. The number of aromatic nitrogens is 2. The van der Waals surface area contributed by atoms with Crippen LogP contribution in [-0.4, -0.2) is 46.2 Å². The number of halogens is 3. The summed E-state index contributed by atoms with van der Waals surface area (Å²) < 4.78 is 52.2. The molecule has 1 amide bonds. The SMILES string of the molecule is COc1ccc(NC(=O)[C@@H]2[C@@H](c3cn(C)nc3C)[C@H]3O[C@@H]2C[C@@H]3O)cc1C(F)(F)F. The van der Waals surface area contributed by atoms with E-state index in [0.29, 0.717) is 12.1 Å². The number of amides is 1. The van der Waals surface area contributed by atoms with Crippen LogP contribution in [0, 0.1) is 12.8 Å². The van der Waals surface area contributed by atoms with Crippen molar-refractivity contribution in [2.75, 3.05) is 12.4 Å². The summed E-state index contributed by atoms with van der Waals surface area (Å²) in [6.45, 7) is 1.81. The molecule has 2 aromatic rings. The van der Waals surface area contributed by atoms with Crippen LogP contribution in [0.25, 0.3) is 0 Å². The van der Waals surface area contributed by atoms with E-state index < -0.39 is 47.8 Å². The highest BCUT2D eigenvalue weighted by molar-refractivity contribution is 5.94. The van der Waals surface area contributed by atoms with E-state index in [9.17, 15) is 23.1 Å². The highest BCUT2D eigenvalue weighted by atomic mass is 19.4. The van der Waals surface area contributed by atoms with Gasteiger partial charge in [-0.15, -0.1) is 0 Å². The van der Waals surface area contributed by atoms with Crippen LogP contribution in [0.1, 0.15) is 29.2 Å². The Morgan fingerprint density at radius 1 is 1.40 bits per heavy atom. The molecule has 0 aliphatic carbocycles. The maximum atomic E-state index is 13.3. The highest BCUT2D eigenvalue weighted by Crippen LogP contribution is 2.50. The van der Waals surface area contributed by atoms with E-state index in [2.05, 4.69) is 10.4 Å². The zero-order chi connectivity index (χ0) is 21.8. The minimum absolute atomic E-state index is 0.0121. The number of hydrogen-bond acceptors (Lipinski definition) is 5. The first-order valence-electron chi connectivity index (χ1n) is 9.50. The van der Waals surface area contributed by atoms with Gasteiger partial charge in [-0.05, 0) is 30.7 Å². The molecule has 0 spiro atoms. The molecule has 1 aromatic carbocycles. The fourth-order valence-electron chi connectivity index (χ4n) is 4.59. The number of nitrogens with zero attached hydrogens (tertiary/aromatic N) is 2. The Morgan fingerprint density at radius 3 is 2.73 bits per heavy atom. The third-order valence-corrected chi connectivity index (χ3v) is 5.81. The maximum Gasteiger partial charge on any atom is 0.420 e. The molecule has 0 saturated carbocycles. The van der Waals surface area contributed by atoms with Crippen molar-refractivity contribution in [1.82, 2.24) is 9.78 Å². The minimum atomic E-state index is -4.62. The van der Waals surface area contributed by atoms with Crippen molar-refractivity contribution in [1.29, 1.82) is 0 Å². The molecule has 2 bridgehead atoms. The van der Waals surface area contributed by atoms with Crippen molar-refractivity contribution in [3.8, 4) is 5.75 Å². The smallest absolute Gasteiger partial charge is 0.420 e. The molecule has 10 heteroatoms. The Balaban J connectivity index is 1.63. The van der Waals surface area contributed by atoms with Gasteiger partial charge in [0.1, 0.15) is 5.75 Å². The lowest BCUT2D eigenvalue weighted by Gasteiger charge is -2.29. The van der Waals surface area contributed by atoms with Crippen LogP contribution < -0.4 is 10.1 Å². The van der Waals surface area contributed by atoms with Crippen molar-refractivity contribution < 1.29 is 32.5 Å². The molecule has 2 saturated heterocycles. The number of ether oxygens (including phenoxy) is 2. The molecular formula is C20H22F3N3O4. The number of nitrogens with one attached hydrogen (secondary N) is 1. The van der Waals surface area contributed by atoms with E-state index >= 15 is 0 Å². The molecular weight excluding hydrogens is 403 g/mol. The van der Waals surface area contributed by atoms with Crippen LogP contribution in [0.4, 0.5) is 18.9 Å². The molecule has 2 aliphatic rings. The van der Waals surface area contributed by atoms with Crippen molar-refractivity contribution in [2.45, 2.75) is 43.8 Å². The average Bonchev–Trinajstić information content (AvgIpc) is 3.32. The number of hydrogen-bond donors (Lipinski definition) is 2. The number of carbonyl (C=O) groups excluding carboxylic acids is 1. The zero-order valence-electron chi connectivity index (χ0n) is 16.6. The Labute approximate surface area is 170 Å². The molecule has 5 atom stereocenters. The van der Waals surface area contributed by atoms with Gasteiger partial charge in [0, 0.05) is 31.3 Å². The van der Waals surface area contributed by atoms with E-state index in [1.165, 1.54) is 12.1 Å². The van der Waals surface area contributed by atoms with E-state index in [1.807, 2.05) is 6.92 Å². The quantitative estimate of drug-likeness (QED) is 0.787. The number of alkyl halides is 3. The number of rotatable bonds is 4. The molecule has 1 aromatic heterocycles. The molecule has 2 fully saturated rings. The van der Waals surface area contributed by atoms with Crippen molar-refractivity contribution in [3.63, 3.8) is 0 Å². The largest absolute Gasteiger partial charge is 0.496 e. The van der Waals surface area contributed by atoms with Gasteiger partial charge in [0.25, 0.3) is 0 Å². The standard InChI is InChI=1S/C20H22F3N3O4/c1-9-11(8-26(2)25-9)16-17(15-7-13(27)18(16)30-15)19(28)24-10-4-5-14(29-3)12(6-10)20(21,22)23/h4-6,8,13,15-18,27H,7H2,1-3H3,(H,24,28)/t13-,15+,16+,17-,18-/m0/s1. The topological polar surface area (TPSA) is 85.6 Å². The second-order valence-corrected chi connectivity index (χ2v) is 7.74. The monoisotopic (exact) mass is 425 g/mol. The van der Waals surface area contributed by atoms with E-state index in [-0.39, 0.29) is 11.4 Å². The van der Waals surface area contributed by atoms with Crippen molar-refractivity contribution >= 4 is 11.6 Å². The minimum Gasteiger partial charge on any atom is -0.496 e. The first-order chi connectivity index (χ1) is 14.1. The van der Waals surface area contributed by atoms with Crippen LogP contribution in [-0.2, 0) is 22.8 Å². The lowest BCUT2D eigenvalue weighted by molar-refractivity contribution is -0.138. The Kier molecular flexibility index (Phi) is 5.01. The number of anilines is 1. The van der Waals surface area contributed by atoms with Gasteiger partial charge in [0.15, 0.2) is 0 Å². The second kappa shape index (κ2) is 7.28. The molecule has 162 valence electrons. The van der Waals surface area contributed by atoms with Crippen molar-refractivity contribution in [2.24, 2.45) is 13.0 Å². The summed E-state index contributed by atoms with van der Waals surface area (Å²) in [5.41, 5.74) is 0.544. The molecule has 2 aliphatic heterocycles. The van der Waals surface area contributed by atoms with Gasteiger partial charge in [0.05, 0.1) is 42.6 Å².